The minimum absolute atomic E-state index is 0.0139. The molecule has 0 saturated heterocycles. The number of nitrogens with one attached hydrogen (secondary N) is 1. The lowest BCUT2D eigenvalue weighted by molar-refractivity contribution is -0.121. The number of fused-ring (bicyclic) bond motifs is 1. The Morgan fingerprint density at radius 2 is 2.04 bits per heavy atom. The number of thiophene rings is 1. The van der Waals surface area contributed by atoms with Gasteiger partial charge >= 0.3 is 0 Å². The number of aromatic nitrogens is 2. The van der Waals surface area contributed by atoms with Gasteiger partial charge in [-0.1, -0.05) is 6.07 Å². The fourth-order valence-corrected chi connectivity index (χ4v) is 3.71. The Morgan fingerprint density at radius 3 is 2.71 bits per heavy atom. The van der Waals surface area contributed by atoms with E-state index in [2.05, 4.69) is 10.3 Å². The van der Waals surface area contributed by atoms with Crippen LogP contribution in [0.2, 0.25) is 0 Å². The zero-order chi connectivity index (χ0) is 20.1. The van der Waals surface area contributed by atoms with Crippen molar-refractivity contribution in [3.05, 3.63) is 51.2 Å². The smallest absolute Gasteiger partial charge is 0.261 e. The molecule has 0 bridgehead atoms. The minimum atomic E-state index is -0.168. The molecule has 8 heteroatoms. The minimum Gasteiger partial charge on any atom is -0.493 e. The van der Waals surface area contributed by atoms with Gasteiger partial charge < -0.3 is 14.8 Å². The van der Waals surface area contributed by atoms with Gasteiger partial charge in [-0.15, -0.1) is 11.3 Å². The van der Waals surface area contributed by atoms with Crippen molar-refractivity contribution in [3.8, 4) is 11.5 Å². The zero-order valence-corrected chi connectivity index (χ0v) is 16.9. The Morgan fingerprint density at radius 1 is 1.29 bits per heavy atom. The first-order valence-electron chi connectivity index (χ1n) is 8.97. The van der Waals surface area contributed by atoms with Gasteiger partial charge in [-0.25, -0.2) is 4.98 Å². The van der Waals surface area contributed by atoms with Crippen molar-refractivity contribution in [1.29, 1.82) is 0 Å². The highest BCUT2D eigenvalue weighted by Crippen LogP contribution is 2.29. The molecular weight excluding hydrogens is 378 g/mol. The molecule has 0 fully saturated rings. The van der Waals surface area contributed by atoms with E-state index in [0.717, 1.165) is 4.88 Å². The van der Waals surface area contributed by atoms with Crippen LogP contribution in [0.3, 0.4) is 0 Å². The second-order valence-electron chi connectivity index (χ2n) is 6.38. The average Bonchev–Trinajstić information content (AvgIpc) is 3.24. The number of aryl methyl sites for hydroxylation is 1. The summed E-state index contributed by atoms with van der Waals surface area (Å²) in [5.74, 6) is 0.971. The summed E-state index contributed by atoms with van der Waals surface area (Å²) in [5.41, 5.74) is 0.375. The number of methoxy groups -OCH3 is 2. The van der Waals surface area contributed by atoms with Crippen LogP contribution in [0.15, 0.2) is 40.8 Å². The molecule has 148 valence electrons. The maximum Gasteiger partial charge on any atom is 0.261 e. The summed E-state index contributed by atoms with van der Waals surface area (Å²) in [6.45, 7) is 2.38. The standard InChI is InChI=1S/C20H23N3O4S/c1-13(18-6-5-9-28-18)22-19(24)7-4-8-23-12-21-15-11-17(27-3)16(26-2)10-14(15)20(23)25/h5-6,9-13H,4,7-8H2,1-3H3,(H,22,24)/t13-/m1/s1. The first kappa shape index (κ1) is 19.9. The Balaban J connectivity index is 1.65. The summed E-state index contributed by atoms with van der Waals surface area (Å²) < 4.78 is 12.0. The van der Waals surface area contributed by atoms with Gasteiger partial charge in [0, 0.05) is 23.9 Å². The van der Waals surface area contributed by atoms with Crippen LogP contribution in [0.5, 0.6) is 11.5 Å². The van der Waals surface area contributed by atoms with Crippen molar-refractivity contribution in [1.82, 2.24) is 14.9 Å². The molecule has 0 aliphatic rings. The zero-order valence-electron chi connectivity index (χ0n) is 16.1. The van der Waals surface area contributed by atoms with Crippen molar-refractivity contribution >= 4 is 28.1 Å². The van der Waals surface area contributed by atoms with Crippen LogP contribution in [-0.2, 0) is 11.3 Å². The molecule has 1 atom stereocenters. The van der Waals surface area contributed by atoms with E-state index in [-0.39, 0.29) is 17.5 Å². The van der Waals surface area contributed by atoms with E-state index < -0.39 is 0 Å². The van der Waals surface area contributed by atoms with E-state index in [1.807, 2.05) is 24.4 Å². The molecule has 2 heterocycles. The quantitative estimate of drug-likeness (QED) is 0.627. The highest BCUT2D eigenvalue weighted by Gasteiger charge is 2.12. The lowest BCUT2D eigenvalue weighted by Gasteiger charge is -2.13. The van der Waals surface area contributed by atoms with E-state index in [9.17, 15) is 9.59 Å². The first-order valence-corrected chi connectivity index (χ1v) is 9.85. The molecule has 0 spiro atoms. The normalized spacial score (nSPS) is 12.0. The van der Waals surface area contributed by atoms with Gasteiger partial charge in [0.25, 0.3) is 5.56 Å². The second-order valence-corrected chi connectivity index (χ2v) is 7.35. The van der Waals surface area contributed by atoms with Crippen LogP contribution >= 0.6 is 11.3 Å². The Kier molecular flexibility index (Phi) is 6.30. The van der Waals surface area contributed by atoms with Crippen molar-refractivity contribution < 1.29 is 14.3 Å². The molecule has 1 N–H and O–H groups in total. The van der Waals surface area contributed by atoms with Gasteiger partial charge in [0.2, 0.25) is 5.91 Å². The molecule has 0 aliphatic carbocycles. The monoisotopic (exact) mass is 401 g/mol. The van der Waals surface area contributed by atoms with Crippen LogP contribution in [0.1, 0.15) is 30.7 Å². The molecule has 1 aromatic carbocycles. The Bertz CT molecular complexity index is 1010. The van der Waals surface area contributed by atoms with Gasteiger partial charge in [-0.3, -0.25) is 14.2 Å². The summed E-state index contributed by atoms with van der Waals surface area (Å²) in [7, 11) is 3.06. The van der Waals surface area contributed by atoms with E-state index in [1.54, 1.807) is 23.5 Å². The van der Waals surface area contributed by atoms with Gasteiger partial charge in [-0.2, -0.15) is 0 Å². The number of rotatable bonds is 8. The van der Waals surface area contributed by atoms with Crippen LogP contribution in [-0.4, -0.2) is 29.7 Å². The van der Waals surface area contributed by atoms with Crippen LogP contribution < -0.4 is 20.3 Å². The van der Waals surface area contributed by atoms with E-state index in [0.29, 0.717) is 41.8 Å². The number of ether oxygens (including phenoxy) is 2. The molecule has 0 radical (unpaired) electrons. The number of nitrogens with zero attached hydrogens (tertiary/aromatic N) is 2. The number of hydrogen-bond acceptors (Lipinski definition) is 6. The topological polar surface area (TPSA) is 82.5 Å². The Labute approximate surface area is 166 Å². The van der Waals surface area contributed by atoms with Gasteiger partial charge in [0.15, 0.2) is 11.5 Å². The second kappa shape index (κ2) is 8.88. The number of carbonyl (C=O) groups is 1. The lowest BCUT2D eigenvalue weighted by Crippen LogP contribution is -2.27. The van der Waals surface area contributed by atoms with E-state index in [1.165, 1.54) is 25.1 Å². The van der Waals surface area contributed by atoms with Crippen LogP contribution in [0.25, 0.3) is 10.9 Å². The summed E-state index contributed by atoms with van der Waals surface area (Å²) in [4.78, 5) is 30.3. The lowest BCUT2D eigenvalue weighted by atomic mass is 10.2. The van der Waals surface area contributed by atoms with Crippen molar-refractivity contribution in [3.63, 3.8) is 0 Å². The third-order valence-electron chi connectivity index (χ3n) is 4.48. The highest BCUT2D eigenvalue weighted by atomic mass is 32.1. The molecule has 3 aromatic rings. The molecule has 0 aliphatic heterocycles. The Hall–Kier alpha value is -2.87. The first-order chi connectivity index (χ1) is 13.5. The fourth-order valence-electron chi connectivity index (χ4n) is 2.98. The summed E-state index contributed by atoms with van der Waals surface area (Å²) >= 11 is 1.61. The number of hydrogen-bond donors (Lipinski definition) is 1. The SMILES string of the molecule is COc1cc2ncn(CCCC(=O)N[C@H](C)c3cccs3)c(=O)c2cc1OC. The molecule has 3 rings (SSSR count). The predicted octanol–water partition coefficient (Wildman–Crippen LogP) is 3.13. The third-order valence-corrected chi connectivity index (χ3v) is 5.53. The van der Waals surface area contributed by atoms with Gasteiger partial charge in [0.05, 0.1) is 37.5 Å². The maximum absolute atomic E-state index is 12.7. The molecule has 28 heavy (non-hydrogen) atoms. The molecule has 7 nitrogen and oxygen atoms in total. The fraction of sp³-hybridized carbons (Fsp3) is 0.350. The largest absolute Gasteiger partial charge is 0.493 e. The third kappa shape index (κ3) is 4.33. The maximum atomic E-state index is 12.7. The summed E-state index contributed by atoms with van der Waals surface area (Å²) in [6.07, 6.45) is 2.39. The van der Waals surface area contributed by atoms with Crippen LogP contribution in [0.4, 0.5) is 0 Å². The molecule has 0 saturated carbocycles. The predicted molar refractivity (Wildman–Crippen MR) is 109 cm³/mol. The van der Waals surface area contributed by atoms with Crippen LogP contribution in [0, 0.1) is 0 Å². The highest BCUT2D eigenvalue weighted by molar-refractivity contribution is 7.10. The van der Waals surface area contributed by atoms with Gasteiger partial charge in [0.1, 0.15) is 0 Å². The van der Waals surface area contributed by atoms with Gasteiger partial charge in [-0.05, 0) is 30.9 Å². The van der Waals surface area contributed by atoms with Crippen molar-refractivity contribution in [2.45, 2.75) is 32.4 Å². The van der Waals surface area contributed by atoms with Crippen molar-refractivity contribution in [2.75, 3.05) is 14.2 Å². The summed E-state index contributed by atoms with van der Waals surface area (Å²) in [6, 6.07) is 7.26. The molecule has 2 aromatic heterocycles. The number of benzene rings is 1. The summed E-state index contributed by atoms with van der Waals surface area (Å²) in [5, 5.41) is 5.42. The average molecular weight is 401 g/mol. The van der Waals surface area contributed by atoms with Crippen molar-refractivity contribution in [2.24, 2.45) is 0 Å². The molecule has 1 amide bonds. The number of carbonyl (C=O) groups excluding carboxylic acids is 1. The molecular formula is C20H23N3O4S. The van der Waals surface area contributed by atoms with E-state index in [4.69, 9.17) is 9.47 Å². The number of amides is 1. The molecule has 0 unspecified atom stereocenters. The van der Waals surface area contributed by atoms with E-state index >= 15 is 0 Å².